The van der Waals surface area contributed by atoms with Crippen LogP contribution in [0.5, 0.6) is 0 Å². The zero-order chi connectivity index (χ0) is 21.1. The first-order valence-electron chi connectivity index (χ1n) is 9.58. The van der Waals surface area contributed by atoms with Gasteiger partial charge in [-0.1, -0.05) is 23.9 Å². The lowest BCUT2D eigenvalue weighted by molar-refractivity contribution is -0.128. The molecule has 1 amide bonds. The Morgan fingerprint density at radius 3 is 2.40 bits per heavy atom. The predicted octanol–water partition coefficient (Wildman–Crippen LogP) is 3.20. The third-order valence-electron chi connectivity index (χ3n) is 5.09. The minimum absolute atomic E-state index is 0.0134. The van der Waals surface area contributed by atoms with Gasteiger partial charge in [-0.25, -0.2) is 8.78 Å². The lowest BCUT2D eigenvalue weighted by Gasteiger charge is -2.36. The number of benzene rings is 2. The van der Waals surface area contributed by atoms with Crippen LogP contribution >= 0.6 is 11.8 Å². The molecule has 0 bridgehead atoms. The summed E-state index contributed by atoms with van der Waals surface area (Å²) in [6.07, 6.45) is 0. The third kappa shape index (κ3) is 4.30. The monoisotopic (exact) mass is 429 g/mol. The Hall–Kier alpha value is -2.94. The first-order valence-corrected chi connectivity index (χ1v) is 10.6. The molecule has 0 radical (unpaired) electrons. The van der Waals surface area contributed by atoms with Crippen molar-refractivity contribution in [3.63, 3.8) is 0 Å². The first kappa shape index (κ1) is 20.3. The standard InChI is InChI=1S/C21H21F2N5OS/c1-26-20(15-6-8-16(22)9-7-15)24-25-21(26)30-14-19(29)28-12-10-27(11-13-28)18-5-3-2-4-17(18)23/h2-9H,10-14H2,1H3. The van der Waals surface area contributed by atoms with E-state index < -0.39 is 0 Å². The van der Waals surface area contributed by atoms with Crippen molar-refractivity contribution in [1.29, 1.82) is 0 Å². The number of thioether (sulfide) groups is 1. The highest BCUT2D eigenvalue weighted by Gasteiger charge is 2.23. The van der Waals surface area contributed by atoms with Crippen molar-refractivity contribution in [2.45, 2.75) is 5.16 Å². The molecule has 0 N–H and O–H groups in total. The summed E-state index contributed by atoms with van der Waals surface area (Å²) in [6, 6.07) is 12.7. The lowest BCUT2D eigenvalue weighted by Crippen LogP contribution is -2.49. The largest absolute Gasteiger partial charge is 0.366 e. The lowest BCUT2D eigenvalue weighted by atomic mass is 10.2. The second-order valence-corrected chi connectivity index (χ2v) is 7.92. The molecular formula is C21H21F2N5OS. The van der Waals surface area contributed by atoms with Crippen LogP contribution in [-0.2, 0) is 11.8 Å². The highest BCUT2D eigenvalue weighted by molar-refractivity contribution is 7.99. The van der Waals surface area contributed by atoms with Crippen LogP contribution in [0.15, 0.2) is 53.7 Å². The van der Waals surface area contributed by atoms with Gasteiger partial charge in [0.05, 0.1) is 11.4 Å². The van der Waals surface area contributed by atoms with Crippen LogP contribution in [0.1, 0.15) is 0 Å². The Balaban J connectivity index is 1.32. The number of hydrogen-bond donors (Lipinski definition) is 0. The van der Waals surface area contributed by atoms with Crippen LogP contribution in [0, 0.1) is 11.6 Å². The van der Waals surface area contributed by atoms with Gasteiger partial charge in [0.15, 0.2) is 11.0 Å². The van der Waals surface area contributed by atoms with Crippen molar-refractivity contribution in [3.05, 3.63) is 60.2 Å². The number of hydrogen-bond acceptors (Lipinski definition) is 5. The van der Waals surface area contributed by atoms with Gasteiger partial charge < -0.3 is 14.4 Å². The number of anilines is 1. The summed E-state index contributed by atoms with van der Waals surface area (Å²) in [6.45, 7) is 2.28. The van der Waals surface area contributed by atoms with E-state index in [-0.39, 0.29) is 23.3 Å². The molecule has 1 aliphatic heterocycles. The number of amides is 1. The maximum atomic E-state index is 14.0. The first-order chi connectivity index (χ1) is 14.5. The average Bonchev–Trinajstić information content (AvgIpc) is 3.13. The molecule has 3 aromatic rings. The van der Waals surface area contributed by atoms with Crippen LogP contribution in [0.25, 0.3) is 11.4 Å². The molecule has 0 unspecified atom stereocenters. The molecule has 30 heavy (non-hydrogen) atoms. The summed E-state index contributed by atoms with van der Waals surface area (Å²) in [5.41, 5.74) is 1.33. The molecule has 2 heterocycles. The van der Waals surface area contributed by atoms with Gasteiger partial charge in [0.2, 0.25) is 5.91 Å². The molecule has 1 saturated heterocycles. The molecule has 1 aliphatic rings. The zero-order valence-corrected chi connectivity index (χ0v) is 17.3. The van der Waals surface area contributed by atoms with E-state index in [1.54, 1.807) is 33.7 Å². The summed E-state index contributed by atoms with van der Waals surface area (Å²) in [5.74, 6) is 0.320. The fraction of sp³-hybridized carbons (Fsp3) is 0.286. The van der Waals surface area contributed by atoms with Crippen molar-refractivity contribution >= 4 is 23.4 Å². The van der Waals surface area contributed by atoms with Crippen LogP contribution in [0.3, 0.4) is 0 Å². The van der Waals surface area contributed by atoms with Gasteiger partial charge in [-0.05, 0) is 36.4 Å². The molecule has 0 saturated carbocycles. The minimum Gasteiger partial charge on any atom is -0.366 e. The van der Waals surface area contributed by atoms with E-state index in [1.165, 1.54) is 30.0 Å². The van der Waals surface area contributed by atoms with Gasteiger partial charge in [-0.2, -0.15) is 0 Å². The summed E-state index contributed by atoms with van der Waals surface area (Å²) < 4.78 is 28.9. The topological polar surface area (TPSA) is 54.3 Å². The van der Waals surface area contributed by atoms with E-state index in [0.29, 0.717) is 42.8 Å². The Morgan fingerprint density at radius 2 is 1.70 bits per heavy atom. The third-order valence-corrected chi connectivity index (χ3v) is 6.09. The second kappa shape index (κ2) is 8.83. The molecule has 9 heteroatoms. The van der Waals surface area contributed by atoms with Crippen molar-refractivity contribution in [3.8, 4) is 11.4 Å². The average molecular weight is 429 g/mol. The van der Waals surface area contributed by atoms with Crippen LogP contribution in [-0.4, -0.2) is 57.5 Å². The van der Waals surface area contributed by atoms with E-state index >= 15 is 0 Å². The number of para-hydroxylation sites is 1. The van der Waals surface area contributed by atoms with E-state index in [4.69, 9.17) is 0 Å². The number of aromatic nitrogens is 3. The maximum absolute atomic E-state index is 14.0. The molecule has 1 fully saturated rings. The van der Waals surface area contributed by atoms with Crippen LogP contribution in [0.2, 0.25) is 0 Å². The number of carbonyl (C=O) groups is 1. The van der Waals surface area contributed by atoms with Crippen molar-refractivity contribution in [2.24, 2.45) is 7.05 Å². The number of nitrogens with zero attached hydrogens (tertiary/aromatic N) is 5. The molecule has 0 atom stereocenters. The maximum Gasteiger partial charge on any atom is 0.233 e. The van der Waals surface area contributed by atoms with E-state index in [9.17, 15) is 13.6 Å². The van der Waals surface area contributed by atoms with E-state index in [2.05, 4.69) is 10.2 Å². The SMILES string of the molecule is Cn1c(SCC(=O)N2CCN(c3ccccc3F)CC2)nnc1-c1ccc(F)cc1. The van der Waals surface area contributed by atoms with Gasteiger partial charge in [0, 0.05) is 38.8 Å². The van der Waals surface area contributed by atoms with Crippen molar-refractivity contribution < 1.29 is 13.6 Å². The Kier molecular flexibility index (Phi) is 5.98. The van der Waals surface area contributed by atoms with Gasteiger partial charge in [-0.3, -0.25) is 4.79 Å². The van der Waals surface area contributed by atoms with E-state index in [0.717, 1.165) is 5.56 Å². The normalized spacial score (nSPS) is 14.2. The van der Waals surface area contributed by atoms with Gasteiger partial charge in [-0.15, -0.1) is 10.2 Å². The fourth-order valence-electron chi connectivity index (χ4n) is 3.41. The molecule has 6 nitrogen and oxygen atoms in total. The highest BCUT2D eigenvalue weighted by Crippen LogP contribution is 2.24. The summed E-state index contributed by atoms with van der Waals surface area (Å²) >= 11 is 1.32. The smallest absolute Gasteiger partial charge is 0.233 e. The van der Waals surface area contributed by atoms with Crippen LogP contribution in [0.4, 0.5) is 14.5 Å². The number of carbonyl (C=O) groups excluding carboxylic acids is 1. The minimum atomic E-state index is -0.309. The Morgan fingerprint density at radius 1 is 1.00 bits per heavy atom. The van der Waals surface area contributed by atoms with Gasteiger partial charge in [0.25, 0.3) is 0 Å². The molecular weight excluding hydrogens is 408 g/mol. The molecule has 0 spiro atoms. The number of piperazine rings is 1. The second-order valence-electron chi connectivity index (χ2n) is 6.98. The van der Waals surface area contributed by atoms with Crippen molar-refractivity contribution in [1.82, 2.24) is 19.7 Å². The molecule has 156 valence electrons. The number of rotatable bonds is 5. The highest BCUT2D eigenvalue weighted by atomic mass is 32.2. The number of halogens is 2. The Labute approximate surface area is 177 Å². The van der Waals surface area contributed by atoms with E-state index in [1.807, 2.05) is 18.0 Å². The molecule has 2 aromatic carbocycles. The van der Waals surface area contributed by atoms with Crippen LogP contribution < -0.4 is 4.90 Å². The van der Waals surface area contributed by atoms with Crippen molar-refractivity contribution in [2.75, 3.05) is 36.8 Å². The van der Waals surface area contributed by atoms with Gasteiger partial charge in [0.1, 0.15) is 11.6 Å². The zero-order valence-electron chi connectivity index (χ0n) is 16.5. The molecule has 1 aromatic heterocycles. The molecule has 0 aliphatic carbocycles. The Bertz CT molecular complexity index is 1030. The summed E-state index contributed by atoms with van der Waals surface area (Å²) in [7, 11) is 1.82. The summed E-state index contributed by atoms with van der Waals surface area (Å²) in [5, 5.41) is 8.93. The quantitative estimate of drug-likeness (QED) is 0.583. The molecule has 4 rings (SSSR count). The fourth-order valence-corrected chi connectivity index (χ4v) is 4.23. The summed E-state index contributed by atoms with van der Waals surface area (Å²) in [4.78, 5) is 16.4. The predicted molar refractivity (Wildman–Crippen MR) is 112 cm³/mol. The van der Waals surface area contributed by atoms with Gasteiger partial charge >= 0.3 is 0 Å².